The number of ether oxygens (including phenoxy) is 2. The molecule has 0 spiro atoms. The van der Waals surface area contributed by atoms with Crippen molar-refractivity contribution in [3.8, 4) is 0 Å². The van der Waals surface area contributed by atoms with Crippen LogP contribution in [0.4, 0.5) is 11.6 Å². The highest BCUT2D eigenvalue weighted by atomic mass is 16.5. The summed E-state index contributed by atoms with van der Waals surface area (Å²) in [6.45, 7) is 3.37. The first-order valence-electron chi connectivity index (χ1n) is 8.65. The number of nitrogens with one attached hydrogen (secondary N) is 1. The van der Waals surface area contributed by atoms with E-state index < -0.39 is 0 Å². The van der Waals surface area contributed by atoms with Crippen molar-refractivity contribution < 1.29 is 9.47 Å². The van der Waals surface area contributed by atoms with Gasteiger partial charge in [0.05, 0.1) is 24.4 Å². The number of rotatable bonds is 2. The van der Waals surface area contributed by atoms with Gasteiger partial charge in [-0.3, -0.25) is 4.98 Å². The average molecular weight is 318 g/mol. The third-order valence-electron chi connectivity index (χ3n) is 5.47. The number of hydrogen-bond donors (Lipinski definition) is 1. The van der Waals surface area contributed by atoms with E-state index in [0.717, 1.165) is 63.5 Å². The zero-order valence-electron chi connectivity index (χ0n) is 13.1. The largest absolute Gasteiger partial charge is 0.371 e. The number of nitrogens with zero attached hydrogens (tertiary/aromatic N) is 3. The van der Waals surface area contributed by atoms with Crippen LogP contribution in [0.5, 0.6) is 0 Å². The zero-order valence-corrected chi connectivity index (χ0v) is 13.1. The third kappa shape index (κ3) is 2.52. The maximum absolute atomic E-state index is 12.1. The fourth-order valence-electron chi connectivity index (χ4n) is 4.38. The Hall–Kier alpha value is -1.60. The van der Waals surface area contributed by atoms with Gasteiger partial charge in [-0.2, -0.15) is 4.98 Å². The van der Waals surface area contributed by atoms with Crippen LogP contribution in [0.25, 0.3) is 0 Å². The van der Waals surface area contributed by atoms with E-state index in [9.17, 15) is 4.79 Å². The monoisotopic (exact) mass is 318 g/mol. The van der Waals surface area contributed by atoms with Crippen LogP contribution >= 0.6 is 0 Å². The Morgan fingerprint density at radius 3 is 2.00 bits per heavy atom. The zero-order chi connectivity index (χ0) is 15.4. The molecule has 1 N–H and O–H groups in total. The van der Waals surface area contributed by atoms with Crippen LogP contribution < -0.4 is 15.5 Å². The molecule has 0 aliphatic carbocycles. The van der Waals surface area contributed by atoms with Crippen molar-refractivity contribution >= 4 is 11.6 Å². The molecule has 124 valence electrons. The summed E-state index contributed by atoms with van der Waals surface area (Å²) in [5, 5.41) is 0. The van der Waals surface area contributed by atoms with Crippen LogP contribution in [0.3, 0.4) is 0 Å². The Labute approximate surface area is 134 Å². The highest BCUT2D eigenvalue weighted by Gasteiger charge is 2.36. The second-order valence-corrected chi connectivity index (χ2v) is 7.15. The highest BCUT2D eigenvalue weighted by molar-refractivity contribution is 5.51. The maximum Gasteiger partial charge on any atom is 0.348 e. The van der Waals surface area contributed by atoms with E-state index in [-0.39, 0.29) is 17.9 Å². The standard InChI is InChI=1S/C16H22N4O3/c21-16-17-14(19-6-10-1-2-11(7-19)22-10)5-15(18-16)20-8-12-3-4-13(9-20)23-12/h5,10-13H,1-4,6-9H2,(H,17,18,21). The van der Waals surface area contributed by atoms with E-state index in [0.29, 0.717) is 12.2 Å². The van der Waals surface area contributed by atoms with Crippen LogP contribution in [0, 0.1) is 0 Å². The van der Waals surface area contributed by atoms with Gasteiger partial charge in [0.1, 0.15) is 11.6 Å². The van der Waals surface area contributed by atoms with Crippen molar-refractivity contribution in [2.75, 3.05) is 36.0 Å². The van der Waals surface area contributed by atoms with Crippen molar-refractivity contribution in [3.05, 3.63) is 16.6 Å². The summed E-state index contributed by atoms with van der Waals surface area (Å²) in [7, 11) is 0. The van der Waals surface area contributed by atoms with Crippen LogP contribution in [-0.4, -0.2) is 60.6 Å². The number of aromatic amines is 1. The number of morpholine rings is 2. The van der Waals surface area contributed by atoms with Crippen LogP contribution in [-0.2, 0) is 9.47 Å². The smallest absolute Gasteiger partial charge is 0.348 e. The average Bonchev–Trinajstić information content (AvgIpc) is 3.07. The lowest BCUT2D eigenvalue weighted by Gasteiger charge is -2.35. The summed E-state index contributed by atoms with van der Waals surface area (Å²) in [5.74, 6) is 1.65. The molecule has 4 fully saturated rings. The second kappa shape index (κ2) is 5.21. The van der Waals surface area contributed by atoms with Crippen LogP contribution in [0.2, 0.25) is 0 Å². The van der Waals surface area contributed by atoms with Gasteiger partial charge >= 0.3 is 5.69 Å². The lowest BCUT2D eigenvalue weighted by molar-refractivity contribution is 0.0299. The van der Waals surface area contributed by atoms with Gasteiger partial charge < -0.3 is 19.3 Å². The Morgan fingerprint density at radius 1 is 0.913 bits per heavy atom. The first kappa shape index (κ1) is 13.8. The summed E-state index contributed by atoms with van der Waals surface area (Å²) in [4.78, 5) is 23.6. The first-order chi connectivity index (χ1) is 11.2. The Kier molecular flexibility index (Phi) is 3.12. The van der Waals surface area contributed by atoms with Crippen molar-refractivity contribution in [2.45, 2.75) is 50.1 Å². The lowest BCUT2D eigenvalue weighted by Crippen LogP contribution is -2.45. The van der Waals surface area contributed by atoms with Crippen molar-refractivity contribution in [2.24, 2.45) is 0 Å². The molecule has 23 heavy (non-hydrogen) atoms. The molecule has 5 rings (SSSR count). The molecule has 7 heteroatoms. The van der Waals surface area contributed by atoms with Gasteiger partial charge in [0.15, 0.2) is 0 Å². The summed E-state index contributed by atoms with van der Waals surface area (Å²) in [6.07, 6.45) is 5.65. The normalized spacial score (nSPS) is 35.8. The summed E-state index contributed by atoms with van der Waals surface area (Å²) in [6, 6.07) is 2.02. The molecular weight excluding hydrogens is 296 g/mol. The van der Waals surface area contributed by atoms with Gasteiger partial charge in [0.25, 0.3) is 0 Å². The van der Waals surface area contributed by atoms with Crippen LogP contribution in [0.1, 0.15) is 25.7 Å². The predicted octanol–water partition coefficient (Wildman–Crippen LogP) is 0.505. The number of fused-ring (bicyclic) bond motifs is 4. The quantitative estimate of drug-likeness (QED) is 0.856. The number of aromatic nitrogens is 2. The van der Waals surface area contributed by atoms with Gasteiger partial charge in [0, 0.05) is 32.2 Å². The summed E-state index contributed by atoms with van der Waals surface area (Å²) < 4.78 is 11.8. The molecule has 4 atom stereocenters. The molecule has 0 aromatic carbocycles. The Bertz CT molecular complexity index is 588. The molecule has 1 aromatic rings. The fraction of sp³-hybridized carbons (Fsp3) is 0.750. The minimum atomic E-state index is -0.268. The minimum absolute atomic E-state index is 0.268. The topological polar surface area (TPSA) is 70.7 Å². The van der Waals surface area contributed by atoms with E-state index in [1.807, 2.05) is 6.07 Å². The lowest BCUT2D eigenvalue weighted by atomic mass is 10.2. The van der Waals surface area contributed by atoms with E-state index in [2.05, 4.69) is 19.8 Å². The number of hydrogen-bond acceptors (Lipinski definition) is 6. The third-order valence-corrected chi connectivity index (χ3v) is 5.47. The van der Waals surface area contributed by atoms with Gasteiger partial charge in [-0.25, -0.2) is 4.79 Å². The highest BCUT2D eigenvalue weighted by Crippen LogP contribution is 2.31. The fourth-order valence-corrected chi connectivity index (χ4v) is 4.38. The van der Waals surface area contributed by atoms with E-state index in [1.165, 1.54) is 0 Å². The molecule has 4 aliphatic rings. The molecule has 4 bridgehead atoms. The molecule has 5 heterocycles. The van der Waals surface area contributed by atoms with Crippen molar-refractivity contribution in [1.82, 2.24) is 9.97 Å². The minimum Gasteiger partial charge on any atom is -0.371 e. The first-order valence-corrected chi connectivity index (χ1v) is 8.65. The summed E-state index contributed by atoms with van der Waals surface area (Å²) >= 11 is 0. The Morgan fingerprint density at radius 2 is 1.43 bits per heavy atom. The molecule has 4 aliphatic heterocycles. The predicted molar refractivity (Wildman–Crippen MR) is 85.1 cm³/mol. The molecular formula is C16H22N4O3. The van der Waals surface area contributed by atoms with Crippen LogP contribution in [0.15, 0.2) is 10.9 Å². The molecule has 0 saturated carbocycles. The Balaban J connectivity index is 1.42. The molecule has 1 aromatic heterocycles. The molecule has 7 nitrogen and oxygen atoms in total. The maximum atomic E-state index is 12.1. The van der Waals surface area contributed by atoms with Crippen molar-refractivity contribution in [3.63, 3.8) is 0 Å². The number of anilines is 2. The SMILES string of the molecule is O=c1nc(N2CC3CCC(C2)O3)cc(N2CC3CCC(C2)O3)[nH]1. The molecule has 0 amide bonds. The van der Waals surface area contributed by atoms with Crippen molar-refractivity contribution in [1.29, 1.82) is 0 Å². The number of H-pyrrole nitrogens is 1. The van der Waals surface area contributed by atoms with E-state index >= 15 is 0 Å². The van der Waals surface area contributed by atoms with Gasteiger partial charge in [-0.15, -0.1) is 0 Å². The van der Waals surface area contributed by atoms with E-state index in [4.69, 9.17) is 9.47 Å². The van der Waals surface area contributed by atoms with Gasteiger partial charge in [-0.1, -0.05) is 0 Å². The molecule has 4 unspecified atom stereocenters. The van der Waals surface area contributed by atoms with Gasteiger partial charge in [0.2, 0.25) is 0 Å². The van der Waals surface area contributed by atoms with E-state index in [1.54, 1.807) is 0 Å². The second-order valence-electron chi connectivity index (χ2n) is 7.15. The van der Waals surface area contributed by atoms with Gasteiger partial charge in [-0.05, 0) is 25.7 Å². The molecule has 4 saturated heterocycles. The summed E-state index contributed by atoms with van der Waals surface area (Å²) in [5.41, 5.74) is -0.268. The molecule has 0 radical (unpaired) electrons.